The van der Waals surface area contributed by atoms with Crippen molar-refractivity contribution in [3.8, 4) is 23.3 Å². The molecule has 3 heterocycles. The molecule has 0 aliphatic carbocycles. The largest absolute Gasteiger partial charge is 0.454 e. The molecule has 2 fully saturated rings. The Labute approximate surface area is 207 Å². The first kappa shape index (κ1) is 23.7. The fourth-order valence-corrected chi connectivity index (χ4v) is 5.43. The van der Waals surface area contributed by atoms with Crippen molar-refractivity contribution >= 4 is 5.91 Å². The van der Waals surface area contributed by atoms with Gasteiger partial charge in [-0.1, -0.05) is 24.0 Å². The van der Waals surface area contributed by atoms with E-state index in [0.717, 1.165) is 38.0 Å². The van der Waals surface area contributed by atoms with E-state index in [1.807, 2.05) is 36.0 Å². The number of aliphatic hydroxyl groups excluding tert-OH is 1. The van der Waals surface area contributed by atoms with Gasteiger partial charge in [-0.2, -0.15) is 0 Å². The molecule has 0 bridgehead atoms. The van der Waals surface area contributed by atoms with Crippen LogP contribution in [0.15, 0.2) is 42.5 Å². The van der Waals surface area contributed by atoms with E-state index >= 15 is 0 Å². The molecule has 35 heavy (non-hydrogen) atoms. The average molecular weight is 476 g/mol. The van der Waals surface area contributed by atoms with E-state index < -0.39 is 0 Å². The molecule has 184 valence electrons. The number of hydrogen-bond donors (Lipinski definition) is 1. The number of aliphatic hydroxyl groups is 1. The lowest BCUT2D eigenvalue weighted by Crippen LogP contribution is -2.67. The van der Waals surface area contributed by atoms with E-state index in [1.165, 1.54) is 5.56 Å². The van der Waals surface area contributed by atoms with Crippen LogP contribution in [0.3, 0.4) is 0 Å². The SMILES string of the molecule is CN(C)CC#Cc1ccc([C@H]2[C@@H](CO)N3CCCCN(C(=O)c4ccc5c(c4)OCO5)C[C@@H]23)cc1. The van der Waals surface area contributed by atoms with Crippen LogP contribution in [0, 0.1) is 11.8 Å². The van der Waals surface area contributed by atoms with Crippen LogP contribution in [-0.4, -0.2) is 91.5 Å². The maximum Gasteiger partial charge on any atom is 0.254 e. The van der Waals surface area contributed by atoms with Gasteiger partial charge in [0, 0.05) is 42.2 Å². The third kappa shape index (κ3) is 4.87. The second-order valence-electron chi connectivity index (χ2n) is 9.77. The molecule has 2 aromatic rings. The molecule has 3 aliphatic rings. The molecular weight excluding hydrogens is 442 g/mol. The first-order valence-corrected chi connectivity index (χ1v) is 12.3. The molecule has 0 unspecified atom stereocenters. The summed E-state index contributed by atoms with van der Waals surface area (Å²) in [5.74, 6) is 7.88. The zero-order valence-corrected chi connectivity index (χ0v) is 20.4. The Morgan fingerprint density at radius 2 is 1.86 bits per heavy atom. The van der Waals surface area contributed by atoms with Crippen LogP contribution in [0.1, 0.15) is 40.2 Å². The molecule has 3 aliphatic heterocycles. The molecule has 2 aromatic carbocycles. The lowest BCUT2D eigenvalue weighted by atomic mass is 9.74. The Morgan fingerprint density at radius 3 is 2.63 bits per heavy atom. The third-order valence-corrected chi connectivity index (χ3v) is 7.20. The summed E-state index contributed by atoms with van der Waals surface area (Å²) in [6, 6.07) is 14.1. The minimum Gasteiger partial charge on any atom is -0.454 e. The van der Waals surface area contributed by atoms with Gasteiger partial charge < -0.3 is 19.5 Å². The molecule has 5 rings (SSSR count). The van der Waals surface area contributed by atoms with Crippen molar-refractivity contribution in [2.75, 3.05) is 53.7 Å². The number of fused-ring (bicyclic) bond motifs is 2. The summed E-state index contributed by atoms with van der Waals surface area (Å²) in [5, 5.41) is 10.2. The number of amides is 1. The predicted molar refractivity (Wildman–Crippen MR) is 134 cm³/mol. The van der Waals surface area contributed by atoms with Gasteiger partial charge in [0.15, 0.2) is 11.5 Å². The maximum atomic E-state index is 13.5. The number of ether oxygens (including phenoxy) is 2. The van der Waals surface area contributed by atoms with Gasteiger partial charge in [0.25, 0.3) is 5.91 Å². The first-order chi connectivity index (χ1) is 17.0. The van der Waals surface area contributed by atoms with E-state index in [4.69, 9.17) is 9.47 Å². The molecule has 3 atom stereocenters. The van der Waals surface area contributed by atoms with Gasteiger partial charge >= 0.3 is 0 Å². The molecule has 0 spiro atoms. The minimum atomic E-state index is 0.0165. The maximum absolute atomic E-state index is 13.5. The van der Waals surface area contributed by atoms with Gasteiger partial charge in [0.2, 0.25) is 6.79 Å². The number of carbonyl (C=O) groups excluding carboxylic acids is 1. The third-order valence-electron chi connectivity index (χ3n) is 7.20. The Hall–Kier alpha value is -3.05. The summed E-state index contributed by atoms with van der Waals surface area (Å²) < 4.78 is 10.9. The van der Waals surface area contributed by atoms with Gasteiger partial charge in [-0.05, 0) is 69.4 Å². The minimum absolute atomic E-state index is 0.0165. The zero-order chi connectivity index (χ0) is 24.4. The number of benzene rings is 2. The van der Waals surface area contributed by atoms with Gasteiger partial charge in [0.05, 0.1) is 13.2 Å². The fourth-order valence-electron chi connectivity index (χ4n) is 5.43. The second-order valence-corrected chi connectivity index (χ2v) is 9.77. The second kappa shape index (κ2) is 10.3. The Morgan fingerprint density at radius 1 is 1.09 bits per heavy atom. The molecule has 7 heteroatoms. The molecule has 1 N–H and O–H groups in total. The zero-order valence-electron chi connectivity index (χ0n) is 20.4. The normalized spacial score (nSPS) is 23.5. The van der Waals surface area contributed by atoms with E-state index in [2.05, 4.69) is 41.0 Å². The molecule has 0 radical (unpaired) electrons. The Balaban J connectivity index is 1.34. The predicted octanol–water partition coefficient (Wildman–Crippen LogP) is 2.39. The standard InChI is InChI=1S/C28H33N3O4/c1-29(2)13-5-6-20-7-9-21(10-8-20)27-23-17-30(14-3-4-15-31(23)24(27)18-32)28(33)22-11-12-25-26(16-22)35-19-34-25/h7-12,16,23-24,27,32H,3-4,13-15,17-19H2,1-2H3/t23-,24+,27+/m0/s1. The Kier molecular flexibility index (Phi) is 6.96. The molecule has 2 saturated heterocycles. The molecular formula is C28H33N3O4. The quantitative estimate of drug-likeness (QED) is 0.686. The van der Waals surface area contributed by atoms with Crippen molar-refractivity contribution in [3.05, 3.63) is 59.2 Å². The van der Waals surface area contributed by atoms with E-state index in [1.54, 1.807) is 6.07 Å². The average Bonchev–Trinajstić information content (AvgIpc) is 3.31. The van der Waals surface area contributed by atoms with Crippen LogP contribution < -0.4 is 9.47 Å². The summed E-state index contributed by atoms with van der Waals surface area (Å²) in [7, 11) is 4.01. The van der Waals surface area contributed by atoms with Crippen molar-refractivity contribution in [1.29, 1.82) is 0 Å². The summed E-state index contributed by atoms with van der Waals surface area (Å²) in [5.41, 5.74) is 2.81. The molecule has 0 aromatic heterocycles. The summed E-state index contributed by atoms with van der Waals surface area (Å²) in [6.07, 6.45) is 1.95. The van der Waals surface area contributed by atoms with Crippen LogP contribution in [0.25, 0.3) is 0 Å². The van der Waals surface area contributed by atoms with E-state index in [9.17, 15) is 9.90 Å². The first-order valence-electron chi connectivity index (χ1n) is 12.3. The van der Waals surface area contributed by atoms with Crippen LogP contribution in [0.2, 0.25) is 0 Å². The van der Waals surface area contributed by atoms with Crippen molar-refractivity contribution in [2.24, 2.45) is 0 Å². The summed E-state index contributed by atoms with van der Waals surface area (Å²) in [4.78, 5) is 19.9. The van der Waals surface area contributed by atoms with Crippen molar-refractivity contribution in [3.63, 3.8) is 0 Å². The van der Waals surface area contributed by atoms with Crippen molar-refractivity contribution in [1.82, 2.24) is 14.7 Å². The molecule has 7 nitrogen and oxygen atoms in total. The van der Waals surface area contributed by atoms with Gasteiger partial charge in [-0.15, -0.1) is 0 Å². The number of carbonyl (C=O) groups is 1. The number of rotatable bonds is 4. The van der Waals surface area contributed by atoms with Crippen molar-refractivity contribution < 1.29 is 19.4 Å². The molecule has 1 amide bonds. The van der Waals surface area contributed by atoms with Gasteiger partial charge in [-0.25, -0.2) is 0 Å². The van der Waals surface area contributed by atoms with Crippen LogP contribution in [0.4, 0.5) is 0 Å². The fraction of sp³-hybridized carbons (Fsp3) is 0.464. The van der Waals surface area contributed by atoms with Crippen LogP contribution in [0.5, 0.6) is 11.5 Å². The van der Waals surface area contributed by atoms with E-state index in [-0.39, 0.29) is 37.3 Å². The lowest BCUT2D eigenvalue weighted by Gasteiger charge is -2.57. The Bertz CT molecular complexity index is 1120. The summed E-state index contributed by atoms with van der Waals surface area (Å²) >= 11 is 0. The van der Waals surface area contributed by atoms with Crippen LogP contribution in [-0.2, 0) is 0 Å². The topological polar surface area (TPSA) is 65.5 Å². The lowest BCUT2D eigenvalue weighted by molar-refractivity contribution is -0.0606. The highest BCUT2D eigenvalue weighted by Gasteiger charge is 2.49. The highest BCUT2D eigenvalue weighted by Crippen LogP contribution is 2.42. The van der Waals surface area contributed by atoms with Gasteiger partial charge in [0.1, 0.15) is 0 Å². The highest BCUT2D eigenvalue weighted by molar-refractivity contribution is 5.95. The smallest absolute Gasteiger partial charge is 0.254 e. The van der Waals surface area contributed by atoms with E-state index in [0.29, 0.717) is 23.6 Å². The monoisotopic (exact) mass is 475 g/mol. The highest BCUT2D eigenvalue weighted by atomic mass is 16.7. The van der Waals surface area contributed by atoms with Gasteiger partial charge in [-0.3, -0.25) is 14.6 Å². The molecule has 0 saturated carbocycles. The van der Waals surface area contributed by atoms with Crippen LogP contribution >= 0.6 is 0 Å². The number of hydrogen-bond acceptors (Lipinski definition) is 6. The number of nitrogens with zero attached hydrogens (tertiary/aromatic N) is 3. The van der Waals surface area contributed by atoms with Crippen molar-refractivity contribution in [2.45, 2.75) is 30.8 Å². The summed E-state index contributed by atoms with van der Waals surface area (Å²) in [6.45, 7) is 3.35.